The summed E-state index contributed by atoms with van der Waals surface area (Å²) in [6.45, 7) is 11.3. The number of piperidine rings is 1. The Balaban J connectivity index is 0.00000361. The van der Waals surface area contributed by atoms with Gasteiger partial charge in [-0.3, -0.25) is 9.69 Å². The minimum absolute atomic E-state index is 0. The Morgan fingerprint density at radius 2 is 2.20 bits per heavy atom. The Hall–Kier alpha value is -0.320. The molecule has 1 saturated heterocycles. The highest BCUT2D eigenvalue weighted by molar-refractivity contribution is 5.85. The molecule has 3 atom stereocenters. The van der Waals surface area contributed by atoms with E-state index in [0.29, 0.717) is 12.6 Å². The van der Waals surface area contributed by atoms with Gasteiger partial charge in [0.2, 0.25) is 5.91 Å². The summed E-state index contributed by atoms with van der Waals surface area (Å²) in [5.41, 5.74) is 5.30. The van der Waals surface area contributed by atoms with E-state index >= 15 is 0 Å². The SMILES string of the molecule is CCCC(C)(N)C(=O)NCC(C)N1CCCC(C)C1.Cl. The number of likely N-dealkylation sites (tertiary alicyclic amines) is 1. The van der Waals surface area contributed by atoms with Crippen LogP contribution in [0.3, 0.4) is 0 Å². The Kier molecular flexibility index (Phi) is 8.71. The van der Waals surface area contributed by atoms with Gasteiger partial charge in [0.05, 0.1) is 5.54 Å². The molecule has 4 nitrogen and oxygen atoms in total. The second-order valence-corrected chi connectivity index (χ2v) is 6.47. The van der Waals surface area contributed by atoms with Gasteiger partial charge in [-0.1, -0.05) is 20.3 Å². The molecule has 1 rings (SSSR count). The predicted octanol–water partition coefficient (Wildman–Crippen LogP) is 2.16. The maximum atomic E-state index is 12.1. The summed E-state index contributed by atoms with van der Waals surface area (Å²) in [5.74, 6) is 0.748. The molecular formula is C15H32ClN3O. The molecule has 3 N–H and O–H groups in total. The summed E-state index contributed by atoms with van der Waals surface area (Å²) < 4.78 is 0. The number of nitrogens with zero attached hydrogens (tertiary/aromatic N) is 1. The number of hydrogen-bond acceptors (Lipinski definition) is 3. The van der Waals surface area contributed by atoms with Gasteiger partial charge in [0.15, 0.2) is 0 Å². The molecule has 0 aromatic heterocycles. The zero-order valence-electron chi connectivity index (χ0n) is 13.4. The van der Waals surface area contributed by atoms with Gasteiger partial charge in [0.25, 0.3) is 0 Å². The largest absolute Gasteiger partial charge is 0.353 e. The van der Waals surface area contributed by atoms with E-state index < -0.39 is 5.54 Å². The average molecular weight is 306 g/mol. The third kappa shape index (κ3) is 5.98. The normalized spacial score (nSPS) is 24.4. The van der Waals surface area contributed by atoms with Crippen LogP contribution in [0.4, 0.5) is 0 Å². The molecule has 0 bridgehead atoms. The summed E-state index contributed by atoms with van der Waals surface area (Å²) in [4.78, 5) is 14.5. The second-order valence-electron chi connectivity index (χ2n) is 6.47. The molecule has 1 aliphatic heterocycles. The number of amides is 1. The van der Waals surface area contributed by atoms with Crippen LogP contribution in [0.2, 0.25) is 0 Å². The Morgan fingerprint density at radius 1 is 1.55 bits per heavy atom. The number of rotatable bonds is 6. The molecule has 20 heavy (non-hydrogen) atoms. The number of carbonyl (C=O) groups excluding carboxylic acids is 1. The van der Waals surface area contributed by atoms with Crippen LogP contribution in [0.1, 0.15) is 53.4 Å². The lowest BCUT2D eigenvalue weighted by Crippen LogP contribution is -2.54. The molecule has 0 aromatic carbocycles. The van der Waals surface area contributed by atoms with Crippen molar-refractivity contribution in [2.75, 3.05) is 19.6 Å². The van der Waals surface area contributed by atoms with Gasteiger partial charge in [-0.15, -0.1) is 12.4 Å². The van der Waals surface area contributed by atoms with Crippen LogP contribution in [0, 0.1) is 5.92 Å². The summed E-state index contributed by atoms with van der Waals surface area (Å²) >= 11 is 0. The van der Waals surface area contributed by atoms with Crippen molar-refractivity contribution in [2.45, 2.75) is 65.0 Å². The number of nitrogens with two attached hydrogens (primary N) is 1. The highest BCUT2D eigenvalue weighted by Gasteiger charge is 2.28. The van der Waals surface area contributed by atoms with E-state index in [1.165, 1.54) is 12.8 Å². The fourth-order valence-corrected chi connectivity index (χ4v) is 2.83. The lowest BCUT2D eigenvalue weighted by molar-refractivity contribution is -0.126. The van der Waals surface area contributed by atoms with Crippen molar-refractivity contribution in [2.24, 2.45) is 11.7 Å². The monoisotopic (exact) mass is 305 g/mol. The summed E-state index contributed by atoms with van der Waals surface area (Å²) in [6, 6.07) is 0.393. The van der Waals surface area contributed by atoms with E-state index in [4.69, 9.17) is 5.73 Å². The Morgan fingerprint density at radius 3 is 2.75 bits per heavy atom. The lowest BCUT2D eigenvalue weighted by Gasteiger charge is -2.36. The summed E-state index contributed by atoms with van der Waals surface area (Å²) in [7, 11) is 0. The molecule has 0 saturated carbocycles. The first kappa shape index (κ1) is 19.7. The van der Waals surface area contributed by atoms with Gasteiger partial charge in [-0.05, 0) is 45.6 Å². The molecular weight excluding hydrogens is 274 g/mol. The molecule has 1 heterocycles. The van der Waals surface area contributed by atoms with Crippen molar-refractivity contribution in [3.8, 4) is 0 Å². The Bertz CT molecular complexity index is 297. The topological polar surface area (TPSA) is 58.4 Å². The van der Waals surface area contributed by atoms with Gasteiger partial charge in [0, 0.05) is 19.1 Å². The van der Waals surface area contributed by atoms with Gasteiger partial charge in [-0.2, -0.15) is 0 Å². The third-order valence-electron chi connectivity index (χ3n) is 4.16. The van der Waals surface area contributed by atoms with Gasteiger partial charge in [-0.25, -0.2) is 0 Å². The highest BCUT2D eigenvalue weighted by Crippen LogP contribution is 2.17. The van der Waals surface area contributed by atoms with E-state index in [1.54, 1.807) is 0 Å². The van der Waals surface area contributed by atoms with E-state index in [0.717, 1.165) is 31.8 Å². The lowest BCUT2D eigenvalue weighted by atomic mass is 9.96. The fraction of sp³-hybridized carbons (Fsp3) is 0.933. The van der Waals surface area contributed by atoms with E-state index in [9.17, 15) is 4.79 Å². The molecule has 5 heteroatoms. The number of carbonyl (C=O) groups is 1. The highest BCUT2D eigenvalue weighted by atomic mass is 35.5. The quantitative estimate of drug-likeness (QED) is 0.790. The minimum atomic E-state index is -0.732. The van der Waals surface area contributed by atoms with Crippen LogP contribution in [0.25, 0.3) is 0 Å². The van der Waals surface area contributed by atoms with E-state index in [2.05, 4.69) is 31.0 Å². The van der Waals surface area contributed by atoms with Gasteiger partial charge >= 0.3 is 0 Å². The third-order valence-corrected chi connectivity index (χ3v) is 4.16. The standard InChI is InChI=1S/C15H31N3O.ClH/c1-5-8-15(4,16)14(19)17-10-13(3)18-9-6-7-12(2)11-18;/h12-13H,5-11,16H2,1-4H3,(H,17,19);1H. The smallest absolute Gasteiger partial charge is 0.239 e. The molecule has 1 amide bonds. The first-order valence-electron chi connectivity index (χ1n) is 7.68. The van der Waals surface area contributed by atoms with Crippen molar-refractivity contribution < 1.29 is 4.79 Å². The molecule has 0 aromatic rings. The molecule has 0 spiro atoms. The zero-order chi connectivity index (χ0) is 14.5. The van der Waals surface area contributed by atoms with Crippen LogP contribution >= 0.6 is 12.4 Å². The number of hydrogen-bond donors (Lipinski definition) is 2. The molecule has 120 valence electrons. The van der Waals surface area contributed by atoms with Crippen LogP contribution in [-0.2, 0) is 4.79 Å². The van der Waals surface area contributed by atoms with E-state index in [1.807, 2.05) is 6.92 Å². The van der Waals surface area contributed by atoms with Crippen molar-refractivity contribution in [3.63, 3.8) is 0 Å². The van der Waals surface area contributed by atoms with Crippen molar-refractivity contribution in [3.05, 3.63) is 0 Å². The first-order valence-corrected chi connectivity index (χ1v) is 7.68. The van der Waals surface area contributed by atoms with E-state index in [-0.39, 0.29) is 18.3 Å². The van der Waals surface area contributed by atoms with Crippen molar-refractivity contribution in [1.82, 2.24) is 10.2 Å². The van der Waals surface area contributed by atoms with Crippen LogP contribution in [0.5, 0.6) is 0 Å². The van der Waals surface area contributed by atoms with Crippen LogP contribution in [-0.4, -0.2) is 42.0 Å². The van der Waals surface area contributed by atoms with Crippen molar-refractivity contribution >= 4 is 18.3 Å². The average Bonchev–Trinajstić information content (AvgIpc) is 2.35. The molecule has 0 aliphatic carbocycles. The molecule has 3 unspecified atom stereocenters. The van der Waals surface area contributed by atoms with Gasteiger partial charge in [0.1, 0.15) is 0 Å². The van der Waals surface area contributed by atoms with Crippen LogP contribution in [0.15, 0.2) is 0 Å². The number of nitrogens with one attached hydrogen (secondary N) is 1. The Labute approximate surface area is 130 Å². The molecule has 1 fully saturated rings. The van der Waals surface area contributed by atoms with Crippen molar-refractivity contribution in [1.29, 1.82) is 0 Å². The zero-order valence-corrected chi connectivity index (χ0v) is 14.3. The summed E-state index contributed by atoms with van der Waals surface area (Å²) in [5, 5.41) is 3.01. The second kappa shape index (κ2) is 8.85. The predicted molar refractivity (Wildman–Crippen MR) is 87.2 cm³/mol. The van der Waals surface area contributed by atoms with Gasteiger partial charge < -0.3 is 11.1 Å². The van der Waals surface area contributed by atoms with Crippen LogP contribution < -0.4 is 11.1 Å². The first-order chi connectivity index (χ1) is 8.86. The molecule has 1 aliphatic rings. The maximum Gasteiger partial charge on any atom is 0.239 e. The fourth-order valence-electron chi connectivity index (χ4n) is 2.83. The molecule has 0 radical (unpaired) electrons. The summed E-state index contributed by atoms with van der Waals surface area (Å²) in [6.07, 6.45) is 4.25. The maximum absolute atomic E-state index is 12.1. The number of halogens is 1. The minimum Gasteiger partial charge on any atom is -0.353 e.